The number of ether oxygens (including phenoxy) is 1. The number of benzene rings is 1. The van der Waals surface area contributed by atoms with Gasteiger partial charge < -0.3 is 9.64 Å². The minimum Gasteiger partial charge on any atom is -0.493 e. The van der Waals surface area contributed by atoms with Gasteiger partial charge >= 0.3 is 0 Å². The number of hydrogen-bond acceptors (Lipinski definition) is 4. The molecule has 1 aromatic rings. The smallest absolute Gasteiger partial charge is 0.246 e. The zero-order chi connectivity index (χ0) is 17.4. The molecule has 0 aromatic heterocycles. The maximum atomic E-state index is 13.0. The molecule has 1 aromatic carbocycles. The molecule has 0 N–H and O–H groups in total. The molecule has 6 heteroatoms. The fraction of sp³-hybridized carbons (Fsp3) is 0.526. The topological polar surface area (TPSA) is 62.2 Å². The highest BCUT2D eigenvalue weighted by molar-refractivity contribution is 5.82. The Morgan fingerprint density at radius 1 is 1.24 bits per heavy atom. The molecule has 0 unspecified atom stereocenters. The van der Waals surface area contributed by atoms with E-state index in [1.54, 1.807) is 11.9 Å². The summed E-state index contributed by atoms with van der Waals surface area (Å²) >= 11 is 0. The van der Waals surface area contributed by atoms with Gasteiger partial charge in [0.1, 0.15) is 5.75 Å². The van der Waals surface area contributed by atoms with E-state index in [4.69, 9.17) is 4.74 Å². The zero-order valence-corrected chi connectivity index (χ0v) is 14.5. The Bertz CT molecular complexity index is 723. The average Bonchev–Trinajstić information content (AvgIpc) is 3.29. The molecule has 1 saturated heterocycles. The van der Waals surface area contributed by atoms with E-state index < -0.39 is 0 Å². The Balaban J connectivity index is 1.47. The van der Waals surface area contributed by atoms with Crippen molar-refractivity contribution >= 4 is 18.0 Å². The van der Waals surface area contributed by atoms with Crippen LogP contribution in [-0.4, -0.2) is 47.6 Å². The number of likely N-dealkylation sites (tertiary alicyclic amines) is 1. The summed E-state index contributed by atoms with van der Waals surface area (Å²) in [6.45, 7) is 3.63. The highest BCUT2D eigenvalue weighted by Crippen LogP contribution is 2.35. The van der Waals surface area contributed by atoms with Crippen LogP contribution < -0.4 is 4.74 Å². The molecule has 132 valence electrons. The summed E-state index contributed by atoms with van der Waals surface area (Å²) in [5.74, 6) is 1.07. The van der Waals surface area contributed by atoms with Crippen LogP contribution in [0.4, 0.5) is 0 Å². The second-order valence-electron chi connectivity index (χ2n) is 6.98. The molecule has 0 aliphatic carbocycles. The lowest BCUT2D eigenvalue weighted by atomic mass is 9.94. The number of rotatable bonds is 2. The summed E-state index contributed by atoms with van der Waals surface area (Å²) in [5, 5.41) is 6.02. The van der Waals surface area contributed by atoms with E-state index in [9.17, 15) is 9.59 Å². The van der Waals surface area contributed by atoms with Crippen molar-refractivity contribution in [1.29, 1.82) is 0 Å². The molecular weight excluding hydrogens is 318 g/mol. The molecule has 6 nitrogen and oxygen atoms in total. The first-order valence-corrected chi connectivity index (χ1v) is 9.00. The first kappa shape index (κ1) is 16.1. The molecule has 3 aliphatic rings. The van der Waals surface area contributed by atoms with Crippen molar-refractivity contribution < 1.29 is 14.3 Å². The molecule has 2 amide bonds. The Morgan fingerprint density at radius 2 is 2.04 bits per heavy atom. The predicted octanol–water partition coefficient (Wildman–Crippen LogP) is 2.14. The van der Waals surface area contributed by atoms with Crippen molar-refractivity contribution in [1.82, 2.24) is 9.91 Å². The molecule has 0 saturated carbocycles. The molecule has 0 radical (unpaired) electrons. The van der Waals surface area contributed by atoms with Crippen LogP contribution in [0, 0.1) is 5.92 Å². The molecule has 0 spiro atoms. The quantitative estimate of drug-likeness (QED) is 0.828. The van der Waals surface area contributed by atoms with E-state index in [0.717, 1.165) is 43.6 Å². The van der Waals surface area contributed by atoms with Gasteiger partial charge in [0.05, 0.1) is 12.6 Å². The van der Waals surface area contributed by atoms with Crippen molar-refractivity contribution in [3.05, 3.63) is 29.3 Å². The van der Waals surface area contributed by atoms with Crippen LogP contribution in [0.2, 0.25) is 0 Å². The van der Waals surface area contributed by atoms with Crippen molar-refractivity contribution in [2.45, 2.75) is 38.6 Å². The van der Waals surface area contributed by atoms with Gasteiger partial charge in [-0.3, -0.25) is 9.59 Å². The van der Waals surface area contributed by atoms with Crippen molar-refractivity contribution in [2.75, 3.05) is 19.7 Å². The summed E-state index contributed by atoms with van der Waals surface area (Å²) < 4.78 is 5.57. The standard InChI is InChI=1S/C19H23N3O3/c1-13(23)21-9-5-14(6-10-21)19(24)22-17(4-8-20-22)15-2-3-18-16(12-15)7-11-25-18/h2-3,8,12,14,17H,4-7,9-11H2,1H3/t17-/m0/s1. The van der Waals surface area contributed by atoms with Crippen LogP contribution in [0.1, 0.15) is 43.4 Å². The molecule has 1 fully saturated rings. The second kappa shape index (κ2) is 6.50. The maximum Gasteiger partial charge on any atom is 0.246 e. The van der Waals surface area contributed by atoms with E-state index in [2.05, 4.69) is 11.2 Å². The van der Waals surface area contributed by atoms with E-state index in [-0.39, 0.29) is 23.8 Å². The van der Waals surface area contributed by atoms with Crippen molar-refractivity contribution in [3.8, 4) is 5.75 Å². The molecule has 1 atom stereocenters. The summed E-state index contributed by atoms with van der Waals surface area (Å²) in [6.07, 6.45) is 4.94. The predicted molar refractivity (Wildman–Crippen MR) is 93.3 cm³/mol. The first-order valence-electron chi connectivity index (χ1n) is 9.00. The van der Waals surface area contributed by atoms with Gasteiger partial charge in [0.25, 0.3) is 0 Å². The average molecular weight is 341 g/mol. The van der Waals surface area contributed by atoms with Crippen LogP contribution in [0.3, 0.4) is 0 Å². The number of carbonyl (C=O) groups excluding carboxylic acids is 2. The van der Waals surface area contributed by atoms with Crippen LogP contribution >= 0.6 is 0 Å². The van der Waals surface area contributed by atoms with Crippen molar-refractivity contribution in [2.24, 2.45) is 11.0 Å². The van der Waals surface area contributed by atoms with E-state index in [0.29, 0.717) is 13.1 Å². The van der Waals surface area contributed by atoms with E-state index in [1.807, 2.05) is 23.2 Å². The number of carbonyl (C=O) groups is 2. The Labute approximate surface area is 147 Å². The van der Waals surface area contributed by atoms with E-state index in [1.165, 1.54) is 5.56 Å². The number of hydrazone groups is 1. The number of amides is 2. The van der Waals surface area contributed by atoms with Gasteiger partial charge in [-0.1, -0.05) is 6.07 Å². The Morgan fingerprint density at radius 3 is 2.80 bits per heavy atom. The van der Waals surface area contributed by atoms with Crippen LogP contribution in [0.15, 0.2) is 23.3 Å². The van der Waals surface area contributed by atoms with Crippen LogP contribution in [-0.2, 0) is 16.0 Å². The van der Waals surface area contributed by atoms with Gasteiger partial charge in [-0.25, -0.2) is 5.01 Å². The maximum absolute atomic E-state index is 13.0. The largest absolute Gasteiger partial charge is 0.493 e. The number of hydrogen-bond donors (Lipinski definition) is 0. The summed E-state index contributed by atoms with van der Waals surface area (Å²) in [7, 11) is 0. The SMILES string of the molecule is CC(=O)N1CCC(C(=O)N2N=CC[C@H]2c2ccc3c(c2)CCO3)CC1. The highest BCUT2D eigenvalue weighted by Gasteiger charge is 2.35. The zero-order valence-electron chi connectivity index (χ0n) is 14.5. The van der Waals surface area contributed by atoms with Crippen LogP contribution in [0.5, 0.6) is 5.75 Å². The van der Waals surface area contributed by atoms with Gasteiger partial charge in [0.15, 0.2) is 0 Å². The molecule has 3 aliphatic heterocycles. The second-order valence-corrected chi connectivity index (χ2v) is 6.98. The fourth-order valence-corrected chi connectivity index (χ4v) is 3.95. The van der Waals surface area contributed by atoms with Gasteiger partial charge in [0, 0.05) is 45.0 Å². The third-order valence-corrected chi connectivity index (χ3v) is 5.44. The van der Waals surface area contributed by atoms with E-state index >= 15 is 0 Å². The minimum absolute atomic E-state index is 0.0239. The normalized spacial score (nSPS) is 22.8. The molecule has 0 bridgehead atoms. The highest BCUT2D eigenvalue weighted by atomic mass is 16.5. The number of nitrogens with zero attached hydrogens (tertiary/aromatic N) is 3. The van der Waals surface area contributed by atoms with Crippen molar-refractivity contribution in [3.63, 3.8) is 0 Å². The molecular formula is C19H23N3O3. The minimum atomic E-state index is -0.0499. The number of piperidine rings is 1. The third-order valence-electron chi connectivity index (χ3n) is 5.44. The lowest BCUT2D eigenvalue weighted by Crippen LogP contribution is -2.42. The fourth-order valence-electron chi connectivity index (χ4n) is 3.95. The Hall–Kier alpha value is -2.37. The van der Waals surface area contributed by atoms with Crippen LogP contribution in [0.25, 0.3) is 0 Å². The lowest BCUT2D eigenvalue weighted by Gasteiger charge is -2.33. The van der Waals surface area contributed by atoms with Gasteiger partial charge in [-0.05, 0) is 36.1 Å². The third kappa shape index (κ3) is 3.01. The molecule has 3 heterocycles. The summed E-state index contributed by atoms with van der Waals surface area (Å²) in [4.78, 5) is 26.3. The Kier molecular flexibility index (Phi) is 4.19. The molecule has 4 rings (SSSR count). The van der Waals surface area contributed by atoms with Gasteiger partial charge in [0.2, 0.25) is 11.8 Å². The summed E-state index contributed by atoms with van der Waals surface area (Å²) in [6, 6.07) is 6.18. The summed E-state index contributed by atoms with van der Waals surface area (Å²) in [5.41, 5.74) is 2.34. The van der Waals surface area contributed by atoms with Gasteiger partial charge in [-0.15, -0.1) is 0 Å². The monoisotopic (exact) mass is 341 g/mol. The molecule has 25 heavy (non-hydrogen) atoms. The first-order chi connectivity index (χ1) is 12.1. The lowest BCUT2D eigenvalue weighted by molar-refractivity contribution is -0.141. The number of fused-ring (bicyclic) bond motifs is 1. The van der Waals surface area contributed by atoms with Gasteiger partial charge in [-0.2, -0.15) is 5.10 Å².